The van der Waals surface area contributed by atoms with Gasteiger partial charge >= 0.3 is 0 Å². The van der Waals surface area contributed by atoms with Crippen LogP contribution in [0.25, 0.3) is 0 Å². The van der Waals surface area contributed by atoms with E-state index in [2.05, 4.69) is 16.4 Å². The van der Waals surface area contributed by atoms with Crippen LogP contribution < -0.4 is 5.32 Å². The molecule has 0 spiro atoms. The predicted molar refractivity (Wildman–Crippen MR) is 66.5 cm³/mol. The van der Waals surface area contributed by atoms with Gasteiger partial charge in [0, 0.05) is 11.7 Å². The Balaban J connectivity index is 1.81. The lowest BCUT2D eigenvalue weighted by molar-refractivity contribution is 0.439. The number of hydrogen-bond donors (Lipinski definition) is 1. The molecule has 1 N–H and O–H groups in total. The Labute approximate surface area is 102 Å². The van der Waals surface area contributed by atoms with Gasteiger partial charge in [-0.05, 0) is 50.2 Å². The second kappa shape index (κ2) is 4.03. The highest BCUT2D eigenvalue weighted by Crippen LogP contribution is 2.45. The zero-order chi connectivity index (χ0) is 11.8. The van der Waals surface area contributed by atoms with Gasteiger partial charge in [-0.15, -0.1) is 0 Å². The Bertz CT molecular complexity index is 475. The van der Waals surface area contributed by atoms with Crippen molar-refractivity contribution in [3.8, 4) is 6.07 Å². The molecule has 2 aliphatic carbocycles. The smallest absolute Gasteiger partial charge is 0.144 e. The van der Waals surface area contributed by atoms with Crippen LogP contribution in [0, 0.1) is 30.1 Å². The molecular weight excluding hydrogens is 210 g/mol. The number of aromatic nitrogens is 1. The number of hydrogen-bond acceptors (Lipinski definition) is 3. The first-order valence-electron chi connectivity index (χ1n) is 6.40. The lowest BCUT2D eigenvalue weighted by Crippen LogP contribution is -2.26. The van der Waals surface area contributed by atoms with Crippen LogP contribution in [-0.2, 0) is 0 Å². The van der Waals surface area contributed by atoms with Crippen molar-refractivity contribution in [3.63, 3.8) is 0 Å². The van der Waals surface area contributed by atoms with Gasteiger partial charge in [-0.25, -0.2) is 4.98 Å². The van der Waals surface area contributed by atoms with Gasteiger partial charge in [-0.1, -0.05) is 6.42 Å². The number of nitrogens with one attached hydrogen (secondary N) is 1. The summed E-state index contributed by atoms with van der Waals surface area (Å²) in [6.45, 7) is 1.97. The Morgan fingerprint density at radius 1 is 1.35 bits per heavy atom. The minimum atomic E-state index is 0.537. The molecule has 1 aromatic heterocycles. The van der Waals surface area contributed by atoms with Crippen LogP contribution in [0.3, 0.4) is 0 Å². The van der Waals surface area contributed by atoms with E-state index < -0.39 is 0 Å². The van der Waals surface area contributed by atoms with Crippen molar-refractivity contribution in [1.29, 1.82) is 5.26 Å². The van der Waals surface area contributed by atoms with Crippen LogP contribution in [-0.4, -0.2) is 11.0 Å². The monoisotopic (exact) mass is 227 g/mol. The number of aryl methyl sites for hydroxylation is 1. The maximum atomic E-state index is 9.09. The van der Waals surface area contributed by atoms with Crippen LogP contribution in [0.15, 0.2) is 12.1 Å². The highest BCUT2D eigenvalue weighted by atomic mass is 15.0. The Morgan fingerprint density at radius 3 is 2.88 bits per heavy atom. The highest BCUT2D eigenvalue weighted by molar-refractivity contribution is 5.53. The predicted octanol–water partition coefficient (Wildman–Crippen LogP) is 2.86. The summed E-state index contributed by atoms with van der Waals surface area (Å²) in [6, 6.07) is 6.51. The van der Waals surface area contributed by atoms with Crippen molar-refractivity contribution in [2.45, 2.75) is 38.6 Å². The third-order valence-corrected chi connectivity index (χ3v) is 4.22. The van der Waals surface area contributed by atoms with E-state index in [1.807, 2.05) is 19.1 Å². The minimum absolute atomic E-state index is 0.537. The molecule has 1 heterocycles. The largest absolute Gasteiger partial charge is 0.366 e. The van der Waals surface area contributed by atoms with Crippen LogP contribution >= 0.6 is 0 Å². The van der Waals surface area contributed by atoms with E-state index in [1.165, 1.54) is 25.7 Å². The van der Waals surface area contributed by atoms with Crippen LogP contribution in [0.2, 0.25) is 0 Å². The van der Waals surface area contributed by atoms with Crippen molar-refractivity contribution in [3.05, 3.63) is 23.4 Å². The Kier molecular flexibility index (Phi) is 2.51. The van der Waals surface area contributed by atoms with Crippen molar-refractivity contribution in [2.75, 3.05) is 5.32 Å². The molecule has 3 unspecified atom stereocenters. The zero-order valence-electron chi connectivity index (χ0n) is 10.1. The fourth-order valence-electron chi connectivity index (χ4n) is 3.35. The number of nitrogens with zero attached hydrogens (tertiary/aromatic N) is 2. The first-order valence-corrected chi connectivity index (χ1v) is 6.40. The number of pyridine rings is 1. The maximum absolute atomic E-state index is 9.09. The third kappa shape index (κ3) is 1.88. The van der Waals surface area contributed by atoms with Crippen molar-refractivity contribution in [1.82, 2.24) is 4.98 Å². The molecule has 0 radical (unpaired) electrons. The fourth-order valence-corrected chi connectivity index (χ4v) is 3.35. The maximum Gasteiger partial charge on any atom is 0.144 e. The van der Waals surface area contributed by atoms with Gasteiger partial charge in [-0.3, -0.25) is 0 Å². The summed E-state index contributed by atoms with van der Waals surface area (Å²) in [4.78, 5) is 4.46. The average molecular weight is 227 g/mol. The molecule has 0 saturated heterocycles. The lowest BCUT2D eigenvalue weighted by atomic mass is 9.95. The molecule has 2 fully saturated rings. The third-order valence-electron chi connectivity index (χ3n) is 4.22. The van der Waals surface area contributed by atoms with E-state index in [9.17, 15) is 0 Å². The van der Waals surface area contributed by atoms with Gasteiger partial charge in [0.15, 0.2) is 0 Å². The van der Waals surface area contributed by atoms with Gasteiger partial charge in [0.2, 0.25) is 0 Å². The second-order valence-corrected chi connectivity index (χ2v) is 5.39. The molecule has 0 aliphatic heterocycles. The molecule has 3 rings (SSSR count). The van der Waals surface area contributed by atoms with E-state index in [-0.39, 0.29) is 0 Å². The van der Waals surface area contributed by atoms with Crippen molar-refractivity contribution < 1.29 is 0 Å². The summed E-state index contributed by atoms with van der Waals surface area (Å²) in [5.74, 6) is 2.49. The second-order valence-electron chi connectivity index (χ2n) is 5.39. The normalized spacial score (nSPS) is 30.2. The van der Waals surface area contributed by atoms with E-state index in [0.717, 1.165) is 23.3 Å². The topological polar surface area (TPSA) is 48.7 Å². The zero-order valence-corrected chi connectivity index (χ0v) is 10.1. The van der Waals surface area contributed by atoms with Crippen molar-refractivity contribution in [2.24, 2.45) is 11.8 Å². The number of fused-ring (bicyclic) bond motifs is 2. The van der Waals surface area contributed by atoms with E-state index in [0.29, 0.717) is 11.6 Å². The molecule has 2 bridgehead atoms. The summed E-state index contributed by atoms with van der Waals surface area (Å²) in [6.07, 6.45) is 5.36. The van der Waals surface area contributed by atoms with Crippen LogP contribution in [0.1, 0.15) is 36.9 Å². The first kappa shape index (κ1) is 10.6. The van der Waals surface area contributed by atoms with E-state index in [4.69, 9.17) is 5.26 Å². The summed E-state index contributed by atoms with van der Waals surface area (Å²) in [5.41, 5.74) is 1.63. The highest BCUT2D eigenvalue weighted by Gasteiger charge is 2.39. The molecule has 88 valence electrons. The number of anilines is 1. The van der Waals surface area contributed by atoms with Crippen LogP contribution in [0.4, 0.5) is 5.82 Å². The summed E-state index contributed by atoms with van der Waals surface area (Å²) >= 11 is 0. The molecule has 3 nitrogen and oxygen atoms in total. The van der Waals surface area contributed by atoms with Gasteiger partial charge in [0.1, 0.15) is 11.9 Å². The molecule has 2 aliphatic rings. The first-order chi connectivity index (χ1) is 8.26. The van der Waals surface area contributed by atoms with Gasteiger partial charge in [0.25, 0.3) is 0 Å². The molecule has 3 atom stereocenters. The molecule has 3 heteroatoms. The molecule has 1 aromatic rings. The minimum Gasteiger partial charge on any atom is -0.366 e. The molecule has 0 aromatic carbocycles. The summed E-state index contributed by atoms with van der Waals surface area (Å²) in [5, 5.41) is 12.6. The van der Waals surface area contributed by atoms with Gasteiger partial charge in [0.05, 0.1) is 5.56 Å². The Morgan fingerprint density at radius 2 is 2.24 bits per heavy atom. The molecule has 0 amide bonds. The summed E-state index contributed by atoms with van der Waals surface area (Å²) in [7, 11) is 0. The fraction of sp³-hybridized carbons (Fsp3) is 0.571. The quantitative estimate of drug-likeness (QED) is 0.845. The standard InChI is InChI=1S/C14H17N3/c1-9-2-4-12(8-15)14(16-9)17-13-7-10-3-5-11(13)6-10/h2,4,10-11,13H,3,5-7H2,1H3,(H,16,17). The van der Waals surface area contributed by atoms with Gasteiger partial charge in [-0.2, -0.15) is 5.26 Å². The molecule has 2 saturated carbocycles. The SMILES string of the molecule is Cc1ccc(C#N)c(NC2CC3CCC2C3)n1. The van der Waals surface area contributed by atoms with E-state index in [1.54, 1.807) is 0 Å². The van der Waals surface area contributed by atoms with Crippen LogP contribution in [0.5, 0.6) is 0 Å². The lowest BCUT2D eigenvalue weighted by Gasteiger charge is -2.23. The Hall–Kier alpha value is -1.56. The van der Waals surface area contributed by atoms with Gasteiger partial charge < -0.3 is 5.32 Å². The number of rotatable bonds is 2. The molecular formula is C14H17N3. The number of nitriles is 1. The molecule has 17 heavy (non-hydrogen) atoms. The van der Waals surface area contributed by atoms with E-state index >= 15 is 0 Å². The average Bonchev–Trinajstić information content (AvgIpc) is 2.91. The summed E-state index contributed by atoms with van der Waals surface area (Å²) < 4.78 is 0. The van der Waals surface area contributed by atoms with Crippen molar-refractivity contribution >= 4 is 5.82 Å².